The smallest absolute Gasteiger partial charge is 0.0931 e. The van der Waals surface area contributed by atoms with Crippen LogP contribution in [-0.4, -0.2) is 56.1 Å². The molecular formula is C13H22ClN3S. The maximum atomic E-state index is 5.95. The van der Waals surface area contributed by atoms with Crippen LogP contribution in [0.15, 0.2) is 11.4 Å². The summed E-state index contributed by atoms with van der Waals surface area (Å²) in [5.74, 6) is 0. The Hall–Kier alpha value is -0.130. The molecule has 1 aliphatic rings. The number of nitrogens with one attached hydrogen (secondary N) is 1. The maximum Gasteiger partial charge on any atom is 0.0931 e. The second-order valence-electron chi connectivity index (χ2n) is 5.00. The number of piperazine rings is 1. The summed E-state index contributed by atoms with van der Waals surface area (Å²) < 4.78 is 0.873. The summed E-state index contributed by atoms with van der Waals surface area (Å²) in [7, 11) is 2.19. The Labute approximate surface area is 119 Å². The molecule has 1 unspecified atom stereocenters. The molecule has 1 saturated heterocycles. The second-order valence-corrected chi connectivity index (χ2v) is 6.55. The van der Waals surface area contributed by atoms with E-state index in [2.05, 4.69) is 40.5 Å². The van der Waals surface area contributed by atoms with E-state index in [-0.39, 0.29) is 0 Å². The Morgan fingerprint density at radius 1 is 1.39 bits per heavy atom. The van der Waals surface area contributed by atoms with Crippen molar-refractivity contribution in [1.29, 1.82) is 0 Å². The minimum absolute atomic E-state index is 0.390. The number of halogens is 1. The molecule has 2 heterocycles. The molecule has 5 heteroatoms. The molecule has 0 spiro atoms. The van der Waals surface area contributed by atoms with Gasteiger partial charge in [0.05, 0.1) is 4.34 Å². The van der Waals surface area contributed by atoms with Crippen LogP contribution in [-0.2, 0) is 0 Å². The van der Waals surface area contributed by atoms with Crippen molar-refractivity contribution in [2.24, 2.45) is 0 Å². The average molecular weight is 288 g/mol. The van der Waals surface area contributed by atoms with Gasteiger partial charge in [-0.2, -0.15) is 0 Å². The maximum absolute atomic E-state index is 5.95. The Bertz CT molecular complexity index is 361. The first kappa shape index (κ1) is 14.3. The molecule has 0 saturated carbocycles. The molecule has 1 fully saturated rings. The van der Waals surface area contributed by atoms with Gasteiger partial charge in [-0.1, -0.05) is 11.6 Å². The third-order valence-corrected chi connectivity index (χ3v) is 4.67. The van der Waals surface area contributed by atoms with Crippen LogP contribution >= 0.6 is 22.9 Å². The molecule has 0 amide bonds. The molecule has 1 aromatic heterocycles. The summed E-state index contributed by atoms with van der Waals surface area (Å²) in [5, 5.41) is 5.70. The van der Waals surface area contributed by atoms with Gasteiger partial charge in [0.25, 0.3) is 0 Å². The van der Waals surface area contributed by atoms with Crippen molar-refractivity contribution in [3.05, 3.63) is 21.3 Å². The Balaban J connectivity index is 1.66. The van der Waals surface area contributed by atoms with Crippen LogP contribution in [0.2, 0.25) is 4.34 Å². The van der Waals surface area contributed by atoms with Crippen molar-refractivity contribution < 1.29 is 0 Å². The Kier molecular flexibility index (Phi) is 5.45. The normalized spacial score (nSPS) is 20.2. The number of thiophene rings is 1. The minimum atomic E-state index is 0.390. The second kappa shape index (κ2) is 6.87. The number of nitrogens with zero attached hydrogens (tertiary/aromatic N) is 2. The van der Waals surface area contributed by atoms with Crippen molar-refractivity contribution in [3.63, 3.8) is 0 Å². The minimum Gasteiger partial charge on any atom is -0.309 e. The fourth-order valence-corrected chi connectivity index (χ4v) is 3.16. The van der Waals surface area contributed by atoms with Gasteiger partial charge in [-0.25, -0.2) is 0 Å². The van der Waals surface area contributed by atoms with Gasteiger partial charge < -0.3 is 10.2 Å². The first-order valence-electron chi connectivity index (χ1n) is 6.53. The summed E-state index contributed by atoms with van der Waals surface area (Å²) in [6.45, 7) is 9.13. The van der Waals surface area contributed by atoms with Crippen LogP contribution in [0, 0.1) is 0 Å². The van der Waals surface area contributed by atoms with Crippen LogP contribution in [0.4, 0.5) is 0 Å². The van der Waals surface area contributed by atoms with Gasteiger partial charge in [-0.05, 0) is 31.0 Å². The third kappa shape index (κ3) is 4.21. The number of rotatable bonds is 5. The fraction of sp³-hybridized carbons (Fsp3) is 0.692. The quantitative estimate of drug-likeness (QED) is 0.896. The monoisotopic (exact) mass is 287 g/mol. The van der Waals surface area contributed by atoms with Gasteiger partial charge in [-0.15, -0.1) is 11.3 Å². The molecule has 1 N–H and O–H groups in total. The molecule has 1 aromatic rings. The van der Waals surface area contributed by atoms with E-state index in [9.17, 15) is 0 Å². The van der Waals surface area contributed by atoms with E-state index >= 15 is 0 Å². The van der Waals surface area contributed by atoms with Gasteiger partial charge in [0.15, 0.2) is 0 Å². The highest BCUT2D eigenvalue weighted by Gasteiger charge is 2.13. The Morgan fingerprint density at radius 2 is 2.11 bits per heavy atom. The molecule has 0 aromatic carbocycles. The molecule has 0 bridgehead atoms. The van der Waals surface area contributed by atoms with Crippen LogP contribution in [0.1, 0.15) is 18.5 Å². The molecule has 102 valence electrons. The predicted molar refractivity (Wildman–Crippen MR) is 79.7 cm³/mol. The third-order valence-electron chi connectivity index (χ3n) is 3.56. The van der Waals surface area contributed by atoms with E-state index < -0.39 is 0 Å². The summed E-state index contributed by atoms with van der Waals surface area (Å²) in [6.07, 6.45) is 0. The van der Waals surface area contributed by atoms with Crippen LogP contribution < -0.4 is 5.32 Å². The molecule has 18 heavy (non-hydrogen) atoms. The summed E-state index contributed by atoms with van der Waals surface area (Å²) in [6, 6.07) is 2.45. The van der Waals surface area contributed by atoms with E-state index in [4.69, 9.17) is 11.6 Å². The lowest BCUT2D eigenvalue weighted by atomic mass is 10.2. The highest BCUT2D eigenvalue weighted by molar-refractivity contribution is 7.14. The van der Waals surface area contributed by atoms with E-state index in [1.165, 1.54) is 31.7 Å². The first-order chi connectivity index (χ1) is 8.65. The lowest BCUT2D eigenvalue weighted by Crippen LogP contribution is -2.46. The van der Waals surface area contributed by atoms with E-state index in [0.29, 0.717) is 6.04 Å². The molecule has 3 nitrogen and oxygen atoms in total. The zero-order chi connectivity index (χ0) is 13.0. The number of likely N-dealkylation sites (N-methyl/N-ethyl adjacent to an activating group) is 1. The molecule has 1 atom stereocenters. The number of hydrogen-bond acceptors (Lipinski definition) is 4. The largest absolute Gasteiger partial charge is 0.309 e. The van der Waals surface area contributed by atoms with Crippen molar-refractivity contribution in [2.45, 2.75) is 13.0 Å². The summed E-state index contributed by atoms with van der Waals surface area (Å²) >= 11 is 7.56. The van der Waals surface area contributed by atoms with Gasteiger partial charge in [0.1, 0.15) is 0 Å². The highest BCUT2D eigenvalue weighted by Crippen LogP contribution is 2.24. The lowest BCUT2D eigenvalue weighted by molar-refractivity contribution is 0.154. The van der Waals surface area contributed by atoms with E-state index in [1.807, 2.05) is 0 Å². The average Bonchev–Trinajstić information content (AvgIpc) is 2.78. The Morgan fingerprint density at radius 3 is 2.72 bits per heavy atom. The van der Waals surface area contributed by atoms with Crippen LogP contribution in [0.25, 0.3) is 0 Å². The fourth-order valence-electron chi connectivity index (χ4n) is 2.18. The standard InChI is InChI=1S/C13H22ClN3S/c1-11(12-9-13(14)18-10-12)15-3-4-17-7-5-16(2)6-8-17/h9-11,15H,3-8H2,1-2H3. The molecule has 0 aliphatic carbocycles. The van der Waals surface area contributed by atoms with Crippen molar-refractivity contribution in [3.8, 4) is 0 Å². The van der Waals surface area contributed by atoms with Crippen molar-refractivity contribution in [1.82, 2.24) is 15.1 Å². The summed E-state index contributed by atoms with van der Waals surface area (Å²) in [4.78, 5) is 4.92. The van der Waals surface area contributed by atoms with Crippen LogP contribution in [0.3, 0.4) is 0 Å². The zero-order valence-corrected chi connectivity index (χ0v) is 12.7. The number of hydrogen-bond donors (Lipinski definition) is 1. The van der Waals surface area contributed by atoms with E-state index in [0.717, 1.165) is 17.4 Å². The molecule has 0 radical (unpaired) electrons. The SMILES string of the molecule is CC(NCCN1CCN(C)CC1)c1csc(Cl)c1. The molecule has 1 aliphatic heterocycles. The van der Waals surface area contributed by atoms with Gasteiger partial charge in [0.2, 0.25) is 0 Å². The van der Waals surface area contributed by atoms with Crippen molar-refractivity contribution >= 4 is 22.9 Å². The highest BCUT2D eigenvalue weighted by atomic mass is 35.5. The molecular weight excluding hydrogens is 266 g/mol. The van der Waals surface area contributed by atoms with Gasteiger partial charge >= 0.3 is 0 Å². The van der Waals surface area contributed by atoms with Gasteiger partial charge in [-0.3, -0.25) is 4.90 Å². The van der Waals surface area contributed by atoms with E-state index in [1.54, 1.807) is 11.3 Å². The zero-order valence-electron chi connectivity index (χ0n) is 11.2. The van der Waals surface area contributed by atoms with Crippen molar-refractivity contribution in [2.75, 3.05) is 46.3 Å². The molecule has 2 rings (SSSR count). The predicted octanol–water partition coefficient (Wildman–Crippen LogP) is 2.30. The topological polar surface area (TPSA) is 18.5 Å². The summed E-state index contributed by atoms with van der Waals surface area (Å²) in [5.41, 5.74) is 1.29. The first-order valence-corrected chi connectivity index (χ1v) is 7.79. The van der Waals surface area contributed by atoms with Crippen LogP contribution in [0.5, 0.6) is 0 Å². The van der Waals surface area contributed by atoms with Gasteiger partial charge in [0, 0.05) is 45.3 Å². The lowest BCUT2D eigenvalue weighted by Gasteiger charge is -2.32.